The standard InChI is InChI=1S/C9H21N3O/c1-8-6-12(4-3-11(8)2)7-9(13)5-10/h8-9,13H,3-7,10H2,1-2H3/t8?,9-/m0/s1. The molecular weight excluding hydrogens is 166 g/mol. The highest BCUT2D eigenvalue weighted by Crippen LogP contribution is 2.06. The van der Waals surface area contributed by atoms with Crippen LogP contribution in [-0.4, -0.2) is 66.8 Å². The van der Waals surface area contributed by atoms with E-state index in [1.165, 1.54) is 0 Å². The fourth-order valence-corrected chi connectivity index (χ4v) is 1.66. The third-order valence-corrected chi connectivity index (χ3v) is 2.78. The summed E-state index contributed by atoms with van der Waals surface area (Å²) in [5.74, 6) is 0. The Bertz CT molecular complexity index is 152. The van der Waals surface area contributed by atoms with Crippen LogP contribution in [0.15, 0.2) is 0 Å². The molecule has 0 bridgehead atoms. The largest absolute Gasteiger partial charge is 0.390 e. The van der Waals surface area contributed by atoms with Crippen molar-refractivity contribution in [2.24, 2.45) is 5.73 Å². The van der Waals surface area contributed by atoms with Gasteiger partial charge in [-0.1, -0.05) is 0 Å². The number of hydrogen-bond acceptors (Lipinski definition) is 4. The molecule has 1 rings (SSSR count). The molecule has 3 N–H and O–H groups in total. The lowest BCUT2D eigenvalue weighted by atomic mass is 10.2. The molecule has 2 atom stereocenters. The van der Waals surface area contributed by atoms with Gasteiger partial charge in [0.25, 0.3) is 0 Å². The van der Waals surface area contributed by atoms with Crippen LogP contribution in [-0.2, 0) is 0 Å². The number of nitrogens with two attached hydrogens (primary N) is 1. The maximum Gasteiger partial charge on any atom is 0.0789 e. The zero-order chi connectivity index (χ0) is 9.84. The fraction of sp³-hybridized carbons (Fsp3) is 1.00. The molecule has 0 radical (unpaired) electrons. The maximum absolute atomic E-state index is 9.38. The van der Waals surface area contributed by atoms with Crippen LogP contribution >= 0.6 is 0 Å². The summed E-state index contributed by atoms with van der Waals surface area (Å²) in [6, 6.07) is 0.582. The van der Waals surface area contributed by atoms with Gasteiger partial charge in [0.15, 0.2) is 0 Å². The minimum atomic E-state index is -0.365. The minimum Gasteiger partial charge on any atom is -0.390 e. The van der Waals surface area contributed by atoms with Crippen molar-refractivity contribution in [1.82, 2.24) is 9.80 Å². The molecule has 1 fully saturated rings. The Morgan fingerprint density at radius 1 is 1.54 bits per heavy atom. The average Bonchev–Trinajstić information content (AvgIpc) is 2.11. The van der Waals surface area contributed by atoms with Crippen LogP contribution in [0.5, 0.6) is 0 Å². The summed E-state index contributed by atoms with van der Waals surface area (Å²) in [6.07, 6.45) is -0.365. The Morgan fingerprint density at radius 3 is 2.77 bits per heavy atom. The predicted octanol–water partition coefficient (Wildman–Crippen LogP) is -1.06. The third kappa shape index (κ3) is 3.23. The van der Waals surface area contributed by atoms with Crippen LogP contribution in [0.3, 0.4) is 0 Å². The SMILES string of the molecule is CC1CN(C[C@@H](O)CN)CCN1C. The third-order valence-electron chi connectivity index (χ3n) is 2.78. The Morgan fingerprint density at radius 2 is 2.23 bits per heavy atom. The molecule has 4 nitrogen and oxygen atoms in total. The van der Waals surface area contributed by atoms with Crippen molar-refractivity contribution in [3.63, 3.8) is 0 Å². The summed E-state index contributed by atoms with van der Waals surface area (Å²) in [7, 11) is 2.14. The van der Waals surface area contributed by atoms with E-state index in [2.05, 4.69) is 23.8 Å². The van der Waals surface area contributed by atoms with Gasteiger partial charge < -0.3 is 15.7 Å². The van der Waals surface area contributed by atoms with E-state index in [4.69, 9.17) is 5.73 Å². The molecule has 1 unspecified atom stereocenters. The molecule has 0 amide bonds. The van der Waals surface area contributed by atoms with Crippen molar-refractivity contribution in [3.05, 3.63) is 0 Å². The van der Waals surface area contributed by atoms with Crippen LogP contribution in [0.2, 0.25) is 0 Å². The average molecular weight is 187 g/mol. The van der Waals surface area contributed by atoms with Crippen molar-refractivity contribution >= 4 is 0 Å². The molecule has 0 saturated carbocycles. The lowest BCUT2D eigenvalue weighted by molar-refractivity contribution is 0.0603. The number of piperazine rings is 1. The van der Waals surface area contributed by atoms with E-state index in [1.807, 2.05) is 0 Å². The molecule has 1 aliphatic heterocycles. The van der Waals surface area contributed by atoms with Gasteiger partial charge in [-0.05, 0) is 14.0 Å². The highest BCUT2D eigenvalue weighted by atomic mass is 16.3. The molecule has 4 heteroatoms. The number of nitrogens with zero attached hydrogens (tertiary/aromatic N) is 2. The minimum absolute atomic E-state index is 0.362. The van der Waals surface area contributed by atoms with Crippen molar-refractivity contribution in [3.8, 4) is 0 Å². The molecule has 0 aromatic carbocycles. The summed E-state index contributed by atoms with van der Waals surface area (Å²) in [5.41, 5.74) is 5.36. The van der Waals surface area contributed by atoms with Crippen LogP contribution in [0.4, 0.5) is 0 Å². The van der Waals surface area contributed by atoms with E-state index >= 15 is 0 Å². The van der Waals surface area contributed by atoms with E-state index in [1.54, 1.807) is 0 Å². The predicted molar refractivity (Wildman–Crippen MR) is 53.6 cm³/mol. The lowest BCUT2D eigenvalue weighted by Crippen LogP contribution is -2.52. The lowest BCUT2D eigenvalue weighted by Gasteiger charge is -2.38. The molecule has 1 heterocycles. The van der Waals surface area contributed by atoms with Crippen LogP contribution in [0.25, 0.3) is 0 Å². The van der Waals surface area contributed by atoms with E-state index in [0.717, 1.165) is 19.6 Å². The molecule has 1 saturated heterocycles. The van der Waals surface area contributed by atoms with Crippen molar-refractivity contribution in [1.29, 1.82) is 0 Å². The Balaban J connectivity index is 2.29. The molecule has 0 aromatic heterocycles. The summed E-state index contributed by atoms with van der Waals surface area (Å²) in [4.78, 5) is 4.62. The topological polar surface area (TPSA) is 52.7 Å². The fourth-order valence-electron chi connectivity index (χ4n) is 1.66. The van der Waals surface area contributed by atoms with Crippen molar-refractivity contribution in [2.75, 3.05) is 39.8 Å². The van der Waals surface area contributed by atoms with E-state index in [0.29, 0.717) is 19.1 Å². The first-order chi connectivity index (χ1) is 6.13. The second kappa shape index (κ2) is 4.91. The zero-order valence-electron chi connectivity index (χ0n) is 8.61. The van der Waals surface area contributed by atoms with Gasteiger partial charge in [0.1, 0.15) is 0 Å². The van der Waals surface area contributed by atoms with Gasteiger partial charge in [0, 0.05) is 38.8 Å². The molecule has 0 spiro atoms. The van der Waals surface area contributed by atoms with Crippen molar-refractivity contribution in [2.45, 2.75) is 19.1 Å². The van der Waals surface area contributed by atoms with E-state index < -0.39 is 0 Å². The van der Waals surface area contributed by atoms with Crippen LogP contribution in [0.1, 0.15) is 6.92 Å². The summed E-state index contributed by atoms with van der Waals surface area (Å²) in [6.45, 7) is 6.44. The molecule has 78 valence electrons. The van der Waals surface area contributed by atoms with Crippen molar-refractivity contribution < 1.29 is 5.11 Å². The van der Waals surface area contributed by atoms with Gasteiger partial charge in [0.05, 0.1) is 6.10 Å². The molecule has 13 heavy (non-hydrogen) atoms. The summed E-state index contributed by atoms with van der Waals surface area (Å²) in [5, 5.41) is 9.38. The maximum atomic E-state index is 9.38. The molecule has 0 aromatic rings. The molecule has 0 aliphatic carbocycles. The van der Waals surface area contributed by atoms with Gasteiger partial charge in [-0.25, -0.2) is 0 Å². The summed E-state index contributed by atoms with van der Waals surface area (Å²) >= 11 is 0. The monoisotopic (exact) mass is 187 g/mol. The Kier molecular flexibility index (Phi) is 4.12. The first-order valence-electron chi connectivity index (χ1n) is 4.94. The normalized spacial score (nSPS) is 29.1. The van der Waals surface area contributed by atoms with Gasteiger partial charge >= 0.3 is 0 Å². The quantitative estimate of drug-likeness (QED) is 0.591. The van der Waals surface area contributed by atoms with Gasteiger partial charge in [-0.15, -0.1) is 0 Å². The van der Waals surface area contributed by atoms with Gasteiger partial charge in [0.2, 0.25) is 0 Å². The van der Waals surface area contributed by atoms with Gasteiger partial charge in [-0.3, -0.25) is 4.90 Å². The number of aliphatic hydroxyl groups is 1. The first kappa shape index (κ1) is 10.9. The number of hydrogen-bond donors (Lipinski definition) is 2. The van der Waals surface area contributed by atoms with Crippen LogP contribution in [0, 0.1) is 0 Å². The van der Waals surface area contributed by atoms with Crippen LogP contribution < -0.4 is 5.73 Å². The smallest absolute Gasteiger partial charge is 0.0789 e. The molecule has 1 aliphatic rings. The number of aliphatic hydroxyl groups excluding tert-OH is 1. The second-order valence-corrected chi connectivity index (χ2v) is 3.98. The van der Waals surface area contributed by atoms with Gasteiger partial charge in [-0.2, -0.15) is 0 Å². The second-order valence-electron chi connectivity index (χ2n) is 3.98. The Hall–Kier alpha value is -0.160. The van der Waals surface area contributed by atoms with E-state index in [-0.39, 0.29) is 6.10 Å². The number of likely N-dealkylation sites (N-methyl/N-ethyl adjacent to an activating group) is 1. The highest BCUT2D eigenvalue weighted by molar-refractivity contribution is 4.78. The Labute approximate surface area is 80.3 Å². The summed E-state index contributed by atoms with van der Waals surface area (Å²) < 4.78 is 0. The number of β-amino-alcohol motifs (C(OH)–C–C–N with tert-alkyl or cyclic N) is 1. The number of rotatable bonds is 3. The van der Waals surface area contributed by atoms with E-state index in [9.17, 15) is 5.11 Å². The first-order valence-corrected chi connectivity index (χ1v) is 4.94. The molecular formula is C9H21N3O. The zero-order valence-corrected chi connectivity index (χ0v) is 8.61. The highest BCUT2D eigenvalue weighted by Gasteiger charge is 2.21.